The van der Waals surface area contributed by atoms with E-state index in [2.05, 4.69) is 12.2 Å². The number of nitrogens with one attached hydrogen (secondary N) is 1. The molecule has 0 unspecified atom stereocenters. The van der Waals surface area contributed by atoms with Gasteiger partial charge in [0.1, 0.15) is 0 Å². The van der Waals surface area contributed by atoms with Gasteiger partial charge in [-0.05, 0) is 12.8 Å². The number of carboxylic acid groups (broad SMARTS) is 1. The maximum Gasteiger partial charge on any atom is 1.00 e. The summed E-state index contributed by atoms with van der Waals surface area (Å²) < 4.78 is 0. The van der Waals surface area contributed by atoms with E-state index in [0.29, 0.717) is 6.42 Å². The average molecular weight is 323 g/mol. The largest absolute Gasteiger partial charge is 1.00 e. The molecule has 0 aliphatic carbocycles. The topological polar surface area (TPSA) is 89.5 Å². The maximum absolute atomic E-state index is 11.6. The summed E-state index contributed by atoms with van der Waals surface area (Å²) in [6.07, 6.45) is 10.9. The number of unbranched alkanes of at least 4 members (excludes halogenated alkanes) is 8. The van der Waals surface area contributed by atoms with Gasteiger partial charge in [0.15, 0.2) is 0 Å². The number of hydrogen-bond donors (Lipinski definition) is 2. The first-order valence-corrected chi connectivity index (χ1v) is 8.22. The predicted molar refractivity (Wildman–Crippen MR) is 80.5 cm³/mol. The van der Waals surface area contributed by atoms with Gasteiger partial charge in [0.05, 0.1) is 12.0 Å². The summed E-state index contributed by atoms with van der Waals surface area (Å²) in [6.45, 7) is 1.92. The molecule has 22 heavy (non-hydrogen) atoms. The molecule has 0 aromatic heterocycles. The van der Waals surface area contributed by atoms with Gasteiger partial charge >= 0.3 is 29.6 Å². The van der Waals surface area contributed by atoms with Gasteiger partial charge in [-0.25, -0.2) is 0 Å². The molecule has 0 aromatic rings. The van der Waals surface area contributed by atoms with Crippen LogP contribution in [0.1, 0.15) is 77.6 Å². The number of carboxylic acids is 1. The van der Waals surface area contributed by atoms with E-state index in [4.69, 9.17) is 5.11 Å². The number of hydrogen-bond acceptors (Lipinski definition) is 4. The van der Waals surface area contributed by atoms with Crippen molar-refractivity contribution in [3.05, 3.63) is 0 Å². The summed E-state index contributed by atoms with van der Waals surface area (Å²) in [5, 5.41) is 21.8. The van der Waals surface area contributed by atoms with Gasteiger partial charge < -0.3 is 20.3 Å². The number of aliphatic carboxylic acids is 1. The van der Waals surface area contributed by atoms with Crippen molar-refractivity contribution in [2.75, 3.05) is 6.61 Å². The van der Waals surface area contributed by atoms with Crippen LogP contribution >= 0.6 is 0 Å². The first-order chi connectivity index (χ1) is 10.1. The molecule has 0 radical (unpaired) electrons. The van der Waals surface area contributed by atoms with Crippen molar-refractivity contribution in [1.29, 1.82) is 0 Å². The summed E-state index contributed by atoms with van der Waals surface area (Å²) in [7, 11) is 0. The normalized spacial score (nSPS) is 11.5. The van der Waals surface area contributed by atoms with Gasteiger partial charge in [0, 0.05) is 13.0 Å². The fourth-order valence-corrected chi connectivity index (χ4v) is 2.24. The van der Waals surface area contributed by atoms with Gasteiger partial charge in [-0.1, -0.05) is 58.3 Å². The summed E-state index contributed by atoms with van der Waals surface area (Å²) >= 11 is 0. The van der Waals surface area contributed by atoms with Gasteiger partial charge in [0.2, 0.25) is 5.91 Å². The van der Waals surface area contributed by atoms with Crippen LogP contribution in [0.25, 0.3) is 0 Å². The molecule has 0 bridgehead atoms. The van der Waals surface area contributed by atoms with Crippen LogP contribution in [0.3, 0.4) is 0 Å². The van der Waals surface area contributed by atoms with E-state index in [-0.39, 0.29) is 48.5 Å². The molecule has 2 N–H and O–H groups in total. The van der Waals surface area contributed by atoms with E-state index in [1.54, 1.807) is 0 Å². The zero-order valence-electron chi connectivity index (χ0n) is 14.2. The molecule has 1 amide bonds. The number of rotatable bonds is 14. The van der Waals surface area contributed by atoms with Crippen LogP contribution in [0.2, 0.25) is 0 Å². The Labute approximate surface area is 156 Å². The van der Waals surface area contributed by atoms with Gasteiger partial charge in [-0.15, -0.1) is 0 Å². The van der Waals surface area contributed by atoms with Crippen LogP contribution in [0.15, 0.2) is 0 Å². The van der Waals surface area contributed by atoms with Crippen molar-refractivity contribution in [3.8, 4) is 0 Å². The fourth-order valence-electron chi connectivity index (χ4n) is 2.24. The molecular formula is C16H30NNaO4. The Morgan fingerprint density at radius 3 is 1.95 bits per heavy atom. The molecule has 0 saturated heterocycles. The molecule has 0 aliphatic rings. The van der Waals surface area contributed by atoms with E-state index in [0.717, 1.165) is 19.3 Å². The zero-order valence-corrected chi connectivity index (χ0v) is 16.2. The second kappa shape index (κ2) is 17.3. The van der Waals surface area contributed by atoms with Crippen molar-refractivity contribution in [1.82, 2.24) is 5.32 Å². The molecular weight excluding hydrogens is 293 g/mol. The van der Waals surface area contributed by atoms with E-state index >= 15 is 0 Å². The van der Waals surface area contributed by atoms with Crippen LogP contribution in [0.5, 0.6) is 0 Å². The Kier molecular flexibility index (Phi) is 18.9. The Morgan fingerprint density at radius 2 is 1.50 bits per heavy atom. The molecule has 0 fully saturated rings. The molecule has 6 heteroatoms. The minimum absolute atomic E-state index is 0. The first-order valence-electron chi connectivity index (χ1n) is 8.22. The Hall–Kier alpha value is -0.100. The molecule has 124 valence electrons. The monoisotopic (exact) mass is 323 g/mol. The first kappa shape index (κ1) is 24.2. The van der Waals surface area contributed by atoms with Crippen LogP contribution in [0, 0.1) is 0 Å². The number of aliphatic hydroxyl groups is 1. The smallest absolute Gasteiger partial charge is 0.548 e. The molecule has 5 nitrogen and oxygen atoms in total. The number of carbonyl (C=O) groups excluding carboxylic acids is 2. The van der Waals surface area contributed by atoms with Crippen molar-refractivity contribution >= 4 is 11.9 Å². The van der Waals surface area contributed by atoms with Crippen molar-refractivity contribution < 1.29 is 49.4 Å². The van der Waals surface area contributed by atoms with Crippen molar-refractivity contribution in [2.24, 2.45) is 0 Å². The molecule has 0 aromatic carbocycles. The van der Waals surface area contributed by atoms with Crippen molar-refractivity contribution in [2.45, 2.75) is 83.6 Å². The van der Waals surface area contributed by atoms with Gasteiger partial charge in [0.25, 0.3) is 0 Å². The fraction of sp³-hybridized carbons (Fsp3) is 0.875. The van der Waals surface area contributed by atoms with E-state index < -0.39 is 12.0 Å². The predicted octanol–water partition coefficient (Wildman–Crippen LogP) is -1.47. The third-order valence-electron chi connectivity index (χ3n) is 3.54. The van der Waals surface area contributed by atoms with E-state index in [1.807, 2.05) is 0 Å². The van der Waals surface area contributed by atoms with Crippen molar-refractivity contribution in [3.63, 3.8) is 0 Å². The minimum Gasteiger partial charge on any atom is -0.548 e. The summed E-state index contributed by atoms with van der Waals surface area (Å²) in [4.78, 5) is 22.3. The Morgan fingerprint density at radius 1 is 1.00 bits per heavy atom. The van der Waals surface area contributed by atoms with Crippen LogP contribution in [-0.4, -0.2) is 29.6 Å². The van der Waals surface area contributed by atoms with Crippen LogP contribution < -0.4 is 40.0 Å². The summed E-state index contributed by atoms with van der Waals surface area (Å²) in [5.41, 5.74) is 0. The Bertz CT molecular complexity index is 287. The van der Waals surface area contributed by atoms with Gasteiger partial charge in [-0.2, -0.15) is 0 Å². The summed E-state index contributed by atoms with van der Waals surface area (Å²) in [5.74, 6) is -1.62. The van der Waals surface area contributed by atoms with E-state index in [9.17, 15) is 14.7 Å². The van der Waals surface area contributed by atoms with Crippen LogP contribution in [-0.2, 0) is 9.59 Å². The minimum atomic E-state index is -1.34. The summed E-state index contributed by atoms with van der Waals surface area (Å²) in [6, 6.07) is -1.08. The molecule has 1 atom stereocenters. The number of amides is 1. The third-order valence-corrected chi connectivity index (χ3v) is 3.54. The maximum atomic E-state index is 11.6. The Balaban J connectivity index is 0. The zero-order chi connectivity index (χ0) is 15.9. The third kappa shape index (κ3) is 14.8. The molecule has 0 rings (SSSR count). The SMILES string of the molecule is CCCCCCCCCCCC(=O)N[C@@H](CCO)C(=O)[O-].[Na+]. The molecule has 0 aliphatic heterocycles. The number of aliphatic hydroxyl groups excluding tert-OH is 1. The van der Waals surface area contributed by atoms with Gasteiger partial charge in [-0.3, -0.25) is 4.79 Å². The van der Waals surface area contributed by atoms with E-state index in [1.165, 1.54) is 38.5 Å². The standard InChI is InChI=1S/C16H31NO4.Na/c1-2-3-4-5-6-7-8-9-10-11-15(19)17-14(12-13-18)16(20)21;/h14,18H,2-13H2,1H3,(H,17,19)(H,20,21);/q;+1/p-1/t14-;/m0./s1. The molecule has 0 saturated carbocycles. The molecule has 0 heterocycles. The molecule has 0 spiro atoms. The second-order valence-corrected chi connectivity index (χ2v) is 5.53. The number of carbonyl (C=O) groups is 2. The second-order valence-electron chi connectivity index (χ2n) is 5.53. The average Bonchev–Trinajstić information content (AvgIpc) is 2.45. The quantitative estimate of drug-likeness (QED) is 0.302. The van der Waals surface area contributed by atoms with Crippen LogP contribution in [0.4, 0.5) is 0 Å².